The number of benzene rings is 2. The van der Waals surface area contributed by atoms with Crippen LogP contribution in [0.5, 0.6) is 5.75 Å². The van der Waals surface area contributed by atoms with Crippen molar-refractivity contribution < 1.29 is 9.13 Å². The summed E-state index contributed by atoms with van der Waals surface area (Å²) in [5.74, 6) is 0.580. The molecular weight excluding hydrogens is 411 g/mol. The number of aromatic nitrogens is 1. The molecule has 4 rings (SSSR count). The Kier molecular flexibility index (Phi) is 5.43. The van der Waals surface area contributed by atoms with Crippen molar-refractivity contribution in [3.05, 3.63) is 76.6 Å². The number of guanidine groups is 1. The molecule has 0 radical (unpaired) electrons. The van der Waals surface area contributed by atoms with Crippen LogP contribution in [0, 0.1) is 28.6 Å². The van der Waals surface area contributed by atoms with Crippen LogP contribution in [0.3, 0.4) is 0 Å². The fourth-order valence-corrected chi connectivity index (χ4v) is 3.43. The van der Waals surface area contributed by atoms with E-state index in [2.05, 4.69) is 20.6 Å². The Bertz CT molecular complexity index is 1290. The third kappa shape index (κ3) is 3.80. The van der Waals surface area contributed by atoms with Crippen LogP contribution < -0.4 is 26.8 Å². The van der Waals surface area contributed by atoms with Gasteiger partial charge in [0, 0.05) is 5.56 Å². The molecule has 6 N–H and O–H groups in total. The number of rotatable bonds is 4. The molecule has 2 heterocycles. The summed E-state index contributed by atoms with van der Waals surface area (Å²) >= 11 is 0. The molecular formula is C22H17FN8O. The molecule has 1 aromatic heterocycles. The summed E-state index contributed by atoms with van der Waals surface area (Å²) in [4.78, 5) is 8.83. The van der Waals surface area contributed by atoms with E-state index in [1.807, 2.05) is 36.5 Å². The number of anilines is 3. The molecule has 0 aliphatic carbocycles. The van der Waals surface area contributed by atoms with Gasteiger partial charge < -0.3 is 21.5 Å². The third-order valence-corrected chi connectivity index (χ3v) is 4.92. The molecule has 0 amide bonds. The fourth-order valence-electron chi connectivity index (χ4n) is 3.43. The maximum Gasteiger partial charge on any atom is 0.211 e. The molecule has 2 aromatic carbocycles. The Morgan fingerprint density at radius 1 is 1.12 bits per heavy atom. The zero-order chi connectivity index (χ0) is 22.7. The minimum absolute atomic E-state index is 0.0267. The number of nitriles is 2. The summed E-state index contributed by atoms with van der Waals surface area (Å²) in [6.45, 7) is 0.172. The second-order valence-electron chi connectivity index (χ2n) is 6.84. The topological polar surface area (TPSA) is 158 Å². The van der Waals surface area contributed by atoms with Gasteiger partial charge in [-0.25, -0.2) is 14.4 Å². The number of nitrogens with two attached hydrogens (primary N) is 2. The van der Waals surface area contributed by atoms with Gasteiger partial charge in [0.25, 0.3) is 0 Å². The lowest BCUT2D eigenvalue weighted by Gasteiger charge is -2.27. The first-order valence-corrected chi connectivity index (χ1v) is 9.46. The lowest BCUT2D eigenvalue weighted by molar-refractivity contribution is 0.304. The minimum atomic E-state index is -0.685. The first-order chi connectivity index (χ1) is 15.5. The highest BCUT2D eigenvalue weighted by Gasteiger charge is 2.30. The van der Waals surface area contributed by atoms with Gasteiger partial charge in [-0.05, 0) is 35.4 Å². The number of halogens is 1. The standard InChI is InChI=1S/C22H17FN8O/c23-13-5-7-14(8-6-13)32-10-12-3-1-2-4-15(12)19-17-18(26)16(9-24)20(27)30-21(17)31-22(29-19)28-11-25/h1-8,19H,10H2,(H6,26,27,28,29,30,31). The predicted octanol–water partition coefficient (Wildman–Crippen LogP) is 2.78. The van der Waals surface area contributed by atoms with Gasteiger partial charge in [0.15, 0.2) is 6.19 Å². The van der Waals surface area contributed by atoms with Crippen LogP contribution in [0.2, 0.25) is 0 Å². The summed E-state index contributed by atoms with van der Waals surface area (Å²) in [7, 11) is 0. The molecule has 158 valence electrons. The van der Waals surface area contributed by atoms with Gasteiger partial charge in [-0.15, -0.1) is 0 Å². The van der Waals surface area contributed by atoms with E-state index in [0.29, 0.717) is 17.1 Å². The van der Waals surface area contributed by atoms with E-state index in [0.717, 1.165) is 11.1 Å². The molecule has 0 bridgehead atoms. The molecule has 32 heavy (non-hydrogen) atoms. The maximum atomic E-state index is 13.2. The molecule has 1 atom stereocenters. The van der Waals surface area contributed by atoms with Crippen molar-refractivity contribution in [3.63, 3.8) is 0 Å². The highest BCUT2D eigenvalue weighted by Crippen LogP contribution is 2.41. The number of fused-ring (bicyclic) bond motifs is 1. The summed E-state index contributed by atoms with van der Waals surface area (Å²) < 4.78 is 19.0. The molecule has 0 saturated carbocycles. The number of nitrogen functional groups attached to an aromatic ring is 2. The molecule has 1 unspecified atom stereocenters. The Morgan fingerprint density at radius 3 is 2.59 bits per heavy atom. The van der Waals surface area contributed by atoms with Crippen molar-refractivity contribution in [3.8, 4) is 18.0 Å². The summed E-state index contributed by atoms with van der Waals surface area (Å²) in [6, 6.07) is 14.4. The molecule has 0 saturated heterocycles. The molecule has 3 aromatic rings. The maximum absolute atomic E-state index is 13.2. The van der Waals surface area contributed by atoms with Crippen molar-refractivity contribution >= 4 is 23.3 Å². The van der Waals surface area contributed by atoms with Gasteiger partial charge in [0.1, 0.15) is 47.5 Å². The molecule has 1 aliphatic rings. The molecule has 9 nitrogen and oxygen atoms in total. The predicted molar refractivity (Wildman–Crippen MR) is 117 cm³/mol. The van der Waals surface area contributed by atoms with Gasteiger partial charge in [-0.3, -0.25) is 5.32 Å². The van der Waals surface area contributed by atoms with Gasteiger partial charge in [0.05, 0.1) is 5.69 Å². The van der Waals surface area contributed by atoms with Crippen LogP contribution in [0.1, 0.15) is 28.3 Å². The second kappa shape index (κ2) is 8.50. The van der Waals surface area contributed by atoms with Crippen molar-refractivity contribution in [1.29, 1.82) is 10.5 Å². The SMILES string of the molecule is N#CNC1=NC(c2ccccc2COc2ccc(F)cc2)c2c(nc(N)c(C#N)c2N)N1. The van der Waals surface area contributed by atoms with E-state index in [1.54, 1.807) is 0 Å². The van der Waals surface area contributed by atoms with E-state index < -0.39 is 6.04 Å². The highest BCUT2D eigenvalue weighted by atomic mass is 19.1. The highest BCUT2D eigenvalue weighted by molar-refractivity contribution is 5.98. The number of hydrogen-bond acceptors (Lipinski definition) is 9. The van der Waals surface area contributed by atoms with E-state index >= 15 is 0 Å². The van der Waals surface area contributed by atoms with Crippen molar-refractivity contribution in [2.75, 3.05) is 16.8 Å². The summed E-state index contributed by atoms with van der Waals surface area (Å²) in [5.41, 5.74) is 14.4. The second-order valence-corrected chi connectivity index (χ2v) is 6.84. The molecule has 0 spiro atoms. The quantitative estimate of drug-likeness (QED) is 0.365. The van der Waals surface area contributed by atoms with Gasteiger partial charge >= 0.3 is 0 Å². The zero-order valence-corrected chi connectivity index (χ0v) is 16.6. The number of nitrogens with one attached hydrogen (secondary N) is 2. The van der Waals surface area contributed by atoms with Gasteiger partial charge in [0.2, 0.25) is 5.96 Å². The van der Waals surface area contributed by atoms with E-state index in [-0.39, 0.29) is 35.5 Å². The number of pyridine rings is 1. The monoisotopic (exact) mass is 428 g/mol. The lowest BCUT2D eigenvalue weighted by atomic mass is 9.92. The van der Waals surface area contributed by atoms with E-state index in [9.17, 15) is 9.65 Å². The van der Waals surface area contributed by atoms with Crippen molar-refractivity contribution in [2.24, 2.45) is 4.99 Å². The average Bonchev–Trinajstić information content (AvgIpc) is 2.79. The van der Waals surface area contributed by atoms with Gasteiger partial charge in [-0.1, -0.05) is 24.3 Å². The average molecular weight is 428 g/mol. The summed E-state index contributed by atoms with van der Waals surface area (Å²) in [6.07, 6.45) is 1.82. The Labute approximate surface area is 182 Å². The number of hydrogen-bond donors (Lipinski definition) is 4. The Balaban J connectivity index is 1.78. The van der Waals surface area contributed by atoms with Crippen LogP contribution in [-0.4, -0.2) is 10.9 Å². The Morgan fingerprint density at radius 2 is 1.88 bits per heavy atom. The first kappa shape index (κ1) is 20.4. The fraction of sp³-hybridized carbons (Fsp3) is 0.0909. The molecule has 10 heteroatoms. The summed E-state index contributed by atoms with van der Waals surface area (Å²) in [5, 5.41) is 23.9. The smallest absolute Gasteiger partial charge is 0.211 e. The molecule has 0 fully saturated rings. The van der Waals surface area contributed by atoms with Crippen molar-refractivity contribution in [2.45, 2.75) is 12.6 Å². The lowest BCUT2D eigenvalue weighted by Crippen LogP contribution is -2.33. The number of nitrogens with zero attached hydrogens (tertiary/aromatic N) is 4. The Hall–Kier alpha value is -4.83. The first-order valence-electron chi connectivity index (χ1n) is 9.46. The van der Waals surface area contributed by atoms with Crippen LogP contribution in [0.15, 0.2) is 53.5 Å². The van der Waals surface area contributed by atoms with E-state index in [1.165, 1.54) is 24.3 Å². The van der Waals surface area contributed by atoms with Gasteiger partial charge in [-0.2, -0.15) is 10.5 Å². The minimum Gasteiger partial charge on any atom is -0.489 e. The van der Waals surface area contributed by atoms with Crippen LogP contribution >= 0.6 is 0 Å². The van der Waals surface area contributed by atoms with Crippen molar-refractivity contribution in [1.82, 2.24) is 10.3 Å². The van der Waals surface area contributed by atoms with Crippen LogP contribution in [-0.2, 0) is 6.61 Å². The largest absolute Gasteiger partial charge is 0.489 e. The van der Waals surface area contributed by atoms with E-state index in [4.69, 9.17) is 21.5 Å². The number of ether oxygens (including phenoxy) is 1. The normalized spacial score (nSPS) is 14.2. The van der Waals surface area contributed by atoms with Crippen LogP contribution in [0.4, 0.5) is 21.7 Å². The van der Waals surface area contributed by atoms with Crippen LogP contribution in [0.25, 0.3) is 0 Å². The molecule has 1 aliphatic heterocycles. The zero-order valence-electron chi connectivity index (χ0n) is 16.6. The number of aliphatic imine (C=N–C) groups is 1. The third-order valence-electron chi connectivity index (χ3n) is 4.92.